The number of hydrogen-bond donors (Lipinski definition) is 1. The second kappa shape index (κ2) is 6.81. The summed E-state index contributed by atoms with van der Waals surface area (Å²) in [4.78, 5) is 3.01. The van der Waals surface area contributed by atoms with Crippen LogP contribution >= 0.6 is 22.9 Å². The number of benzene rings is 1. The van der Waals surface area contributed by atoms with Crippen molar-refractivity contribution in [2.45, 2.75) is 12.2 Å². The molecular weight excluding hydrogens is 345 g/mol. The van der Waals surface area contributed by atoms with Gasteiger partial charge in [-0.2, -0.15) is 13.2 Å². The fourth-order valence-corrected chi connectivity index (χ4v) is 3.98. The molecule has 1 saturated heterocycles. The molecule has 1 atom stereocenters. The van der Waals surface area contributed by atoms with Gasteiger partial charge in [0, 0.05) is 36.1 Å². The molecule has 0 amide bonds. The lowest BCUT2D eigenvalue weighted by atomic mass is 9.96. The van der Waals surface area contributed by atoms with E-state index in [1.54, 1.807) is 0 Å². The molecule has 2 aromatic rings. The van der Waals surface area contributed by atoms with Crippen molar-refractivity contribution in [1.29, 1.82) is 0 Å². The van der Waals surface area contributed by atoms with E-state index in [4.69, 9.17) is 11.6 Å². The van der Waals surface area contributed by atoms with Crippen molar-refractivity contribution < 1.29 is 13.2 Å². The average molecular weight is 361 g/mol. The summed E-state index contributed by atoms with van der Waals surface area (Å²) in [5, 5.41) is 5.24. The molecule has 2 heterocycles. The van der Waals surface area contributed by atoms with Crippen molar-refractivity contribution in [1.82, 2.24) is 10.2 Å². The van der Waals surface area contributed by atoms with Gasteiger partial charge < -0.3 is 5.32 Å². The Bertz CT molecular complexity index is 652. The van der Waals surface area contributed by atoms with Crippen molar-refractivity contribution in [2.24, 2.45) is 0 Å². The summed E-state index contributed by atoms with van der Waals surface area (Å²) in [5.74, 6) is 0. The standard InChI is InChI=1S/C16H16ClF3N2S/c17-11-3-4-12(13(10-11)16(18,19)20)15(14-2-1-9-23-14)22-7-5-21-6-8-22/h1-4,9-10,15,21H,5-8H2/t15-/m1/s1. The third-order valence-electron chi connectivity index (χ3n) is 3.94. The van der Waals surface area contributed by atoms with Crippen LogP contribution in [0.2, 0.25) is 5.02 Å². The van der Waals surface area contributed by atoms with Gasteiger partial charge in [-0.3, -0.25) is 4.90 Å². The highest BCUT2D eigenvalue weighted by molar-refractivity contribution is 7.10. The fourth-order valence-electron chi connectivity index (χ4n) is 2.93. The Morgan fingerprint density at radius 2 is 1.91 bits per heavy atom. The minimum atomic E-state index is -4.43. The third-order valence-corrected chi connectivity index (χ3v) is 5.10. The highest BCUT2D eigenvalue weighted by Gasteiger charge is 2.37. The molecule has 23 heavy (non-hydrogen) atoms. The van der Waals surface area contributed by atoms with Gasteiger partial charge in [0.15, 0.2) is 0 Å². The Morgan fingerprint density at radius 3 is 2.52 bits per heavy atom. The molecule has 0 bridgehead atoms. The van der Waals surface area contributed by atoms with Crippen molar-refractivity contribution in [2.75, 3.05) is 26.2 Å². The number of hydrogen-bond acceptors (Lipinski definition) is 3. The summed E-state index contributed by atoms with van der Waals surface area (Å²) in [5.41, 5.74) is -0.381. The molecule has 0 aliphatic carbocycles. The second-order valence-electron chi connectivity index (χ2n) is 5.43. The van der Waals surface area contributed by atoms with E-state index in [1.165, 1.54) is 23.5 Å². The van der Waals surface area contributed by atoms with E-state index in [0.717, 1.165) is 24.0 Å². The maximum absolute atomic E-state index is 13.5. The molecule has 1 aromatic carbocycles. The molecule has 2 nitrogen and oxygen atoms in total. The molecule has 1 aliphatic rings. The molecule has 1 aromatic heterocycles. The molecule has 7 heteroatoms. The first kappa shape index (κ1) is 16.8. The summed E-state index contributed by atoms with van der Waals surface area (Å²) in [6.45, 7) is 2.97. The molecule has 0 spiro atoms. The molecule has 0 saturated carbocycles. The number of halogens is 4. The van der Waals surface area contributed by atoms with Gasteiger partial charge in [0.1, 0.15) is 0 Å². The Kier molecular flexibility index (Phi) is 4.96. The number of rotatable bonds is 3. The van der Waals surface area contributed by atoms with Crippen LogP contribution < -0.4 is 5.32 Å². The van der Waals surface area contributed by atoms with Gasteiger partial charge in [0.05, 0.1) is 11.6 Å². The lowest BCUT2D eigenvalue weighted by Crippen LogP contribution is -2.45. The quantitative estimate of drug-likeness (QED) is 0.872. The Labute approximate surface area is 141 Å². The maximum Gasteiger partial charge on any atom is 0.416 e. The van der Waals surface area contributed by atoms with E-state index < -0.39 is 17.8 Å². The lowest BCUT2D eigenvalue weighted by Gasteiger charge is -2.35. The molecule has 0 unspecified atom stereocenters. The Morgan fingerprint density at radius 1 is 1.17 bits per heavy atom. The number of thiophene rings is 1. The minimum absolute atomic E-state index is 0.103. The van der Waals surface area contributed by atoms with Crippen LogP contribution in [0.25, 0.3) is 0 Å². The van der Waals surface area contributed by atoms with E-state index >= 15 is 0 Å². The topological polar surface area (TPSA) is 15.3 Å². The van der Waals surface area contributed by atoms with Gasteiger partial charge in [-0.1, -0.05) is 23.7 Å². The third kappa shape index (κ3) is 3.71. The molecule has 0 radical (unpaired) electrons. The number of nitrogens with zero attached hydrogens (tertiary/aromatic N) is 1. The largest absolute Gasteiger partial charge is 0.416 e. The molecule has 3 rings (SSSR count). The predicted octanol–water partition coefficient (Wildman–Crippen LogP) is 4.41. The Balaban J connectivity index is 2.10. The van der Waals surface area contributed by atoms with Gasteiger partial charge in [-0.15, -0.1) is 11.3 Å². The zero-order valence-electron chi connectivity index (χ0n) is 12.2. The van der Waals surface area contributed by atoms with Crippen LogP contribution in [0.4, 0.5) is 13.2 Å². The zero-order chi connectivity index (χ0) is 16.4. The minimum Gasteiger partial charge on any atom is -0.314 e. The van der Waals surface area contributed by atoms with Crippen LogP contribution in [-0.2, 0) is 6.18 Å². The summed E-state index contributed by atoms with van der Waals surface area (Å²) in [7, 11) is 0. The van der Waals surface area contributed by atoms with Gasteiger partial charge in [-0.25, -0.2) is 0 Å². The van der Waals surface area contributed by atoms with Crippen LogP contribution in [0.5, 0.6) is 0 Å². The highest BCUT2D eigenvalue weighted by atomic mass is 35.5. The average Bonchev–Trinajstić information content (AvgIpc) is 3.03. The normalized spacial score (nSPS) is 18.1. The van der Waals surface area contributed by atoms with Crippen LogP contribution in [0.1, 0.15) is 22.0 Å². The second-order valence-corrected chi connectivity index (χ2v) is 6.85. The van der Waals surface area contributed by atoms with Crippen molar-refractivity contribution in [3.8, 4) is 0 Å². The van der Waals surface area contributed by atoms with Crippen molar-refractivity contribution in [3.63, 3.8) is 0 Å². The first-order chi connectivity index (χ1) is 11.0. The highest BCUT2D eigenvalue weighted by Crippen LogP contribution is 2.41. The van der Waals surface area contributed by atoms with Crippen LogP contribution in [0.3, 0.4) is 0 Å². The summed E-state index contributed by atoms with van der Waals surface area (Å²) in [6, 6.07) is 7.45. The molecule has 1 fully saturated rings. The SMILES string of the molecule is FC(F)(F)c1cc(Cl)ccc1[C@H](c1cccs1)N1CCNCC1. The van der Waals surface area contributed by atoms with Gasteiger partial charge in [-0.05, 0) is 29.1 Å². The van der Waals surface area contributed by atoms with E-state index in [-0.39, 0.29) is 10.6 Å². The van der Waals surface area contributed by atoms with E-state index in [1.807, 2.05) is 17.5 Å². The predicted molar refractivity (Wildman–Crippen MR) is 87.1 cm³/mol. The fraction of sp³-hybridized carbons (Fsp3) is 0.375. The molecule has 1 aliphatic heterocycles. The van der Waals surface area contributed by atoms with Gasteiger partial charge in [0.2, 0.25) is 0 Å². The van der Waals surface area contributed by atoms with Crippen LogP contribution in [0, 0.1) is 0 Å². The first-order valence-electron chi connectivity index (χ1n) is 7.31. The van der Waals surface area contributed by atoms with Gasteiger partial charge in [0.25, 0.3) is 0 Å². The Hall–Kier alpha value is -1.08. The maximum atomic E-state index is 13.5. The summed E-state index contributed by atoms with van der Waals surface area (Å²) < 4.78 is 40.5. The lowest BCUT2D eigenvalue weighted by molar-refractivity contribution is -0.138. The van der Waals surface area contributed by atoms with Crippen molar-refractivity contribution in [3.05, 3.63) is 56.7 Å². The van der Waals surface area contributed by atoms with Crippen LogP contribution in [-0.4, -0.2) is 31.1 Å². The smallest absolute Gasteiger partial charge is 0.314 e. The number of nitrogens with one attached hydrogen (secondary N) is 1. The van der Waals surface area contributed by atoms with Gasteiger partial charge >= 0.3 is 6.18 Å². The van der Waals surface area contributed by atoms with E-state index in [0.29, 0.717) is 13.1 Å². The molecule has 124 valence electrons. The van der Waals surface area contributed by atoms with E-state index in [9.17, 15) is 13.2 Å². The zero-order valence-corrected chi connectivity index (χ0v) is 13.8. The monoisotopic (exact) mass is 360 g/mol. The molecular formula is C16H16ClF3N2S. The summed E-state index contributed by atoms with van der Waals surface area (Å²) in [6.07, 6.45) is -4.43. The number of alkyl halides is 3. The van der Waals surface area contributed by atoms with Crippen molar-refractivity contribution >= 4 is 22.9 Å². The van der Waals surface area contributed by atoms with E-state index in [2.05, 4.69) is 10.2 Å². The number of piperazine rings is 1. The van der Waals surface area contributed by atoms with Crippen LogP contribution in [0.15, 0.2) is 35.7 Å². The molecule has 1 N–H and O–H groups in total. The summed E-state index contributed by atoms with van der Waals surface area (Å²) >= 11 is 7.30. The first-order valence-corrected chi connectivity index (χ1v) is 8.57.